The molecule has 1 N–H and O–H groups in total. The normalized spacial score (nSPS) is 23.4. The average molecular weight is 308 g/mol. The van der Waals surface area contributed by atoms with Crippen molar-refractivity contribution in [1.82, 2.24) is 19.8 Å². The molecule has 2 amide bonds. The molecular formula is C16H28N4O2. The van der Waals surface area contributed by atoms with Gasteiger partial charge in [0.15, 0.2) is 0 Å². The molecule has 0 bridgehead atoms. The molecule has 6 nitrogen and oxygen atoms in total. The number of urea groups is 1. The van der Waals surface area contributed by atoms with Crippen LogP contribution in [0.15, 0.2) is 12.4 Å². The van der Waals surface area contributed by atoms with Gasteiger partial charge >= 0.3 is 6.03 Å². The van der Waals surface area contributed by atoms with Crippen molar-refractivity contribution in [2.45, 2.75) is 46.3 Å². The number of amides is 2. The molecule has 2 rings (SSSR count). The fourth-order valence-electron chi connectivity index (χ4n) is 2.69. The van der Waals surface area contributed by atoms with Gasteiger partial charge in [0.25, 0.3) is 0 Å². The Morgan fingerprint density at radius 2 is 2.36 bits per heavy atom. The highest BCUT2D eigenvalue weighted by atomic mass is 16.5. The Morgan fingerprint density at radius 3 is 3.00 bits per heavy atom. The molecule has 2 atom stereocenters. The third kappa shape index (κ3) is 4.22. The first-order valence-electron chi connectivity index (χ1n) is 8.08. The number of rotatable bonds is 5. The minimum Gasteiger partial charge on any atom is -0.372 e. The minimum atomic E-state index is -0.213. The maximum Gasteiger partial charge on any atom is 0.317 e. The summed E-state index contributed by atoms with van der Waals surface area (Å²) in [6, 6.07) is 0.0113. The van der Waals surface area contributed by atoms with E-state index in [0.29, 0.717) is 32.2 Å². The first kappa shape index (κ1) is 16.8. The zero-order chi connectivity index (χ0) is 16.2. The number of nitrogens with zero attached hydrogens (tertiary/aromatic N) is 3. The Kier molecular flexibility index (Phi) is 5.45. The number of ether oxygens (including phenoxy) is 1. The van der Waals surface area contributed by atoms with Gasteiger partial charge < -0.3 is 19.5 Å². The number of morpholine rings is 1. The lowest BCUT2D eigenvalue weighted by atomic mass is 10.0. The van der Waals surface area contributed by atoms with Crippen LogP contribution in [0.25, 0.3) is 0 Å². The van der Waals surface area contributed by atoms with Crippen LogP contribution in [0.1, 0.15) is 33.0 Å². The zero-order valence-corrected chi connectivity index (χ0v) is 14.1. The van der Waals surface area contributed by atoms with Crippen molar-refractivity contribution in [2.75, 3.05) is 26.2 Å². The molecule has 1 fully saturated rings. The van der Waals surface area contributed by atoms with Crippen molar-refractivity contribution >= 4 is 6.03 Å². The van der Waals surface area contributed by atoms with E-state index in [4.69, 9.17) is 4.74 Å². The highest BCUT2D eigenvalue weighted by Gasteiger charge is 2.32. The van der Waals surface area contributed by atoms with Crippen molar-refractivity contribution in [3.05, 3.63) is 18.2 Å². The average Bonchev–Trinajstić information content (AvgIpc) is 2.90. The third-order valence-electron chi connectivity index (χ3n) is 4.41. The van der Waals surface area contributed by atoms with Gasteiger partial charge in [0.1, 0.15) is 5.82 Å². The van der Waals surface area contributed by atoms with Crippen LogP contribution in [0.4, 0.5) is 4.79 Å². The van der Waals surface area contributed by atoms with E-state index >= 15 is 0 Å². The fraction of sp³-hybridized carbons (Fsp3) is 0.750. The van der Waals surface area contributed by atoms with Gasteiger partial charge in [-0.15, -0.1) is 0 Å². The molecule has 22 heavy (non-hydrogen) atoms. The number of carbonyl (C=O) groups is 1. The van der Waals surface area contributed by atoms with E-state index < -0.39 is 0 Å². The summed E-state index contributed by atoms with van der Waals surface area (Å²) in [6.45, 7) is 11.7. The quantitative estimate of drug-likeness (QED) is 0.905. The van der Waals surface area contributed by atoms with E-state index in [2.05, 4.69) is 35.6 Å². The lowest BCUT2D eigenvalue weighted by Gasteiger charge is -2.40. The van der Waals surface area contributed by atoms with E-state index in [1.807, 2.05) is 18.0 Å². The van der Waals surface area contributed by atoms with Crippen LogP contribution in [0.3, 0.4) is 0 Å². The minimum absolute atomic E-state index is 0.0113. The van der Waals surface area contributed by atoms with Crippen LogP contribution in [0.2, 0.25) is 0 Å². The molecule has 0 unspecified atom stereocenters. The summed E-state index contributed by atoms with van der Waals surface area (Å²) < 4.78 is 7.88. The van der Waals surface area contributed by atoms with Crippen LogP contribution in [0.5, 0.6) is 0 Å². The second-order valence-corrected chi connectivity index (χ2v) is 6.49. The maximum absolute atomic E-state index is 12.3. The molecule has 0 saturated carbocycles. The molecule has 0 aliphatic carbocycles. The number of hydrogen-bond donors (Lipinski definition) is 1. The molecule has 1 aliphatic heterocycles. The van der Waals surface area contributed by atoms with Crippen LogP contribution < -0.4 is 5.32 Å². The van der Waals surface area contributed by atoms with Gasteiger partial charge in [0.2, 0.25) is 0 Å². The van der Waals surface area contributed by atoms with Crippen LogP contribution in [-0.2, 0) is 11.3 Å². The highest BCUT2D eigenvalue weighted by Crippen LogP contribution is 2.20. The summed E-state index contributed by atoms with van der Waals surface area (Å²) in [5, 5.41) is 3.04. The van der Waals surface area contributed by atoms with Crippen molar-refractivity contribution in [2.24, 2.45) is 5.92 Å². The topological polar surface area (TPSA) is 59.4 Å². The Morgan fingerprint density at radius 1 is 1.59 bits per heavy atom. The zero-order valence-electron chi connectivity index (χ0n) is 14.1. The van der Waals surface area contributed by atoms with Gasteiger partial charge in [0.05, 0.1) is 18.8 Å². The Labute approximate surface area is 132 Å². The predicted molar refractivity (Wildman–Crippen MR) is 85.7 cm³/mol. The summed E-state index contributed by atoms with van der Waals surface area (Å²) in [4.78, 5) is 18.4. The van der Waals surface area contributed by atoms with Gasteiger partial charge in [-0.2, -0.15) is 0 Å². The smallest absolute Gasteiger partial charge is 0.317 e. The highest BCUT2D eigenvalue weighted by molar-refractivity contribution is 5.74. The standard InChI is InChI=1S/C16H28N4O2/c1-5-16(4)12-20(8-9-22-16)15(21)18-10-13(2)11-19-7-6-17-14(19)3/h6-7,13H,5,8-12H2,1-4H3,(H,18,21)/t13-,16+/m0/s1. The summed E-state index contributed by atoms with van der Waals surface area (Å²) >= 11 is 0. The number of nitrogens with one attached hydrogen (secondary N) is 1. The molecule has 0 radical (unpaired) electrons. The molecule has 1 aromatic heterocycles. The van der Waals surface area contributed by atoms with E-state index in [-0.39, 0.29) is 11.6 Å². The number of imidazole rings is 1. The molecule has 1 aliphatic rings. The molecular weight excluding hydrogens is 280 g/mol. The molecule has 0 spiro atoms. The van der Waals surface area contributed by atoms with E-state index in [0.717, 1.165) is 18.8 Å². The second-order valence-electron chi connectivity index (χ2n) is 6.49. The van der Waals surface area contributed by atoms with Gasteiger partial charge in [-0.3, -0.25) is 0 Å². The summed E-state index contributed by atoms with van der Waals surface area (Å²) in [6.07, 6.45) is 4.69. The van der Waals surface area contributed by atoms with Gasteiger partial charge in [-0.25, -0.2) is 9.78 Å². The SMILES string of the molecule is CC[C@]1(C)CN(C(=O)NC[C@H](C)Cn2ccnc2C)CCO1. The van der Waals surface area contributed by atoms with Gasteiger partial charge in [-0.05, 0) is 26.2 Å². The Bertz CT molecular complexity index is 502. The van der Waals surface area contributed by atoms with Crippen LogP contribution >= 0.6 is 0 Å². The lowest BCUT2D eigenvalue weighted by Crippen LogP contribution is -2.54. The van der Waals surface area contributed by atoms with Crippen molar-refractivity contribution in [3.63, 3.8) is 0 Å². The van der Waals surface area contributed by atoms with Crippen molar-refractivity contribution in [3.8, 4) is 0 Å². The monoisotopic (exact) mass is 308 g/mol. The van der Waals surface area contributed by atoms with Gasteiger partial charge in [-0.1, -0.05) is 13.8 Å². The first-order valence-corrected chi connectivity index (χ1v) is 8.08. The number of aryl methyl sites for hydroxylation is 1. The second kappa shape index (κ2) is 7.13. The number of carbonyl (C=O) groups excluding carboxylic acids is 1. The Hall–Kier alpha value is -1.56. The lowest BCUT2D eigenvalue weighted by molar-refractivity contribution is -0.0873. The molecule has 124 valence electrons. The van der Waals surface area contributed by atoms with Crippen LogP contribution in [-0.4, -0.2) is 52.3 Å². The van der Waals surface area contributed by atoms with Crippen molar-refractivity contribution < 1.29 is 9.53 Å². The van der Waals surface area contributed by atoms with Crippen LogP contribution in [0, 0.1) is 12.8 Å². The molecule has 0 aromatic carbocycles. The largest absolute Gasteiger partial charge is 0.372 e. The first-order chi connectivity index (χ1) is 10.4. The molecule has 1 saturated heterocycles. The maximum atomic E-state index is 12.3. The van der Waals surface area contributed by atoms with E-state index in [9.17, 15) is 4.79 Å². The number of aromatic nitrogens is 2. The van der Waals surface area contributed by atoms with Gasteiger partial charge in [0, 0.05) is 32.0 Å². The Balaban J connectivity index is 1.78. The van der Waals surface area contributed by atoms with Crippen molar-refractivity contribution in [1.29, 1.82) is 0 Å². The molecule has 6 heteroatoms. The van der Waals surface area contributed by atoms with E-state index in [1.165, 1.54) is 0 Å². The molecule has 2 heterocycles. The third-order valence-corrected chi connectivity index (χ3v) is 4.41. The summed E-state index contributed by atoms with van der Waals surface area (Å²) in [7, 11) is 0. The van der Waals surface area contributed by atoms with E-state index in [1.54, 1.807) is 6.20 Å². The summed E-state index contributed by atoms with van der Waals surface area (Å²) in [5.41, 5.74) is -0.213. The molecule has 1 aromatic rings. The number of hydrogen-bond acceptors (Lipinski definition) is 3. The summed E-state index contributed by atoms with van der Waals surface area (Å²) in [5.74, 6) is 1.36. The predicted octanol–water partition coefficient (Wildman–Crippen LogP) is 2.04. The fourth-order valence-corrected chi connectivity index (χ4v) is 2.69.